The van der Waals surface area contributed by atoms with Crippen molar-refractivity contribution >= 4 is 24.2 Å². The van der Waals surface area contributed by atoms with E-state index in [0.717, 1.165) is 18.7 Å². The molecule has 2 aliphatic rings. The molecule has 1 aromatic carbocycles. The molecule has 1 aromatic rings. The number of halogens is 1. The Balaban J connectivity index is 1.90. The van der Waals surface area contributed by atoms with Gasteiger partial charge in [0.1, 0.15) is 0 Å². The molecule has 0 spiro atoms. The van der Waals surface area contributed by atoms with E-state index in [9.17, 15) is 0 Å². The van der Waals surface area contributed by atoms with Gasteiger partial charge in [-0.25, -0.2) is 0 Å². The van der Waals surface area contributed by atoms with Crippen molar-refractivity contribution in [3.63, 3.8) is 0 Å². The Morgan fingerprint density at radius 3 is 2.20 bits per heavy atom. The minimum atomic E-state index is -0.409. The second-order valence-corrected chi connectivity index (χ2v) is 7.01. The fourth-order valence-corrected chi connectivity index (χ4v) is 2.60. The largest absolute Gasteiger partial charge is 0.496 e. The highest BCUT2D eigenvalue weighted by Crippen LogP contribution is 2.37. The van der Waals surface area contributed by atoms with Gasteiger partial charge < -0.3 is 14.0 Å². The van der Waals surface area contributed by atoms with E-state index < -0.39 is 7.12 Å². The lowest BCUT2D eigenvalue weighted by Gasteiger charge is -2.32. The Kier molecular flexibility index (Phi) is 3.41. The van der Waals surface area contributed by atoms with Crippen LogP contribution in [0.1, 0.15) is 39.2 Å². The van der Waals surface area contributed by atoms with Gasteiger partial charge in [0.2, 0.25) is 0 Å². The van der Waals surface area contributed by atoms with Crippen molar-refractivity contribution in [3.8, 4) is 0 Å². The van der Waals surface area contributed by atoms with Gasteiger partial charge in [0, 0.05) is 16.4 Å². The summed E-state index contributed by atoms with van der Waals surface area (Å²) >= 11 is 6.34. The van der Waals surface area contributed by atoms with Crippen molar-refractivity contribution < 1.29 is 14.0 Å². The summed E-state index contributed by atoms with van der Waals surface area (Å²) in [6, 6.07) is 6.08. The van der Waals surface area contributed by atoms with Gasteiger partial charge in [-0.05, 0) is 39.3 Å². The molecule has 5 heteroatoms. The Morgan fingerprint density at radius 2 is 1.70 bits per heavy atom. The van der Waals surface area contributed by atoms with Crippen LogP contribution in [-0.4, -0.2) is 31.5 Å². The molecular formula is C15H20BClO3. The molecule has 0 atom stereocenters. The molecule has 3 nitrogen and oxygen atoms in total. The first kappa shape index (κ1) is 14.4. The van der Waals surface area contributed by atoms with Crippen molar-refractivity contribution in [1.29, 1.82) is 0 Å². The SMILES string of the molecule is CC1(C)OB(c2cc(C3COC3)ccc2Cl)OC1(C)C. The van der Waals surface area contributed by atoms with Gasteiger partial charge in [0.05, 0.1) is 24.4 Å². The summed E-state index contributed by atoms with van der Waals surface area (Å²) in [5.41, 5.74) is 1.45. The smallest absolute Gasteiger partial charge is 0.399 e. The number of hydrogen-bond donors (Lipinski definition) is 0. The van der Waals surface area contributed by atoms with Gasteiger partial charge in [-0.2, -0.15) is 0 Å². The normalized spacial score (nSPS) is 24.8. The second-order valence-electron chi connectivity index (χ2n) is 6.60. The van der Waals surface area contributed by atoms with E-state index in [1.807, 2.05) is 33.8 Å². The third-order valence-electron chi connectivity index (χ3n) is 4.64. The van der Waals surface area contributed by atoms with Crippen molar-refractivity contribution in [2.24, 2.45) is 0 Å². The van der Waals surface area contributed by atoms with E-state index >= 15 is 0 Å². The van der Waals surface area contributed by atoms with Crippen LogP contribution in [0.4, 0.5) is 0 Å². The first-order valence-electron chi connectivity index (χ1n) is 7.03. The molecule has 0 aromatic heterocycles. The zero-order chi connectivity index (χ0) is 14.5. The van der Waals surface area contributed by atoms with Crippen LogP contribution in [-0.2, 0) is 14.0 Å². The second kappa shape index (κ2) is 4.74. The number of benzene rings is 1. The maximum Gasteiger partial charge on any atom is 0.496 e. The molecule has 0 N–H and O–H groups in total. The molecule has 0 radical (unpaired) electrons. The maximum absolute atomic E-state index is 6.34. The number of rotatable bonds is 2. The highest BCUT2D eigenvalue weighted by atomic mass is 35.5. The standard InChI is InChI=1S/C15H20BClO3/c1-14(2)15(3,4)20-16(19-14)12-7-10(5-6-13(12)17)11-8-18-9-11/h5-7,11H,8-9H2,1-4H3. The molecular weight excluding hydrogens is 274 g/mol. The Labute approximate surface area is 125 Å². The molecule has 2 heterocycles. The van der Waals surface area contributed by atoms with Gasteiger partial charge in [-0.3, -0.25) is 0 Å². The topological polar surface area (TPSA) is 27.7 Å². The molecule has 108 valence electrons. The van der Waals surface area contributed by atoms with Gasteiger partial charge >= 0.3 is 7.12 Å². The van der Waals surface area contributed by atoms with Crippen molar-refractivity contribution in [3.05, 3.63) is 28.8 Å². The van der Waals surface area contributed by atoms with E-state index in [1.165, 1.54) is 5.56 Å². The summed E-state index contributed by atoms with van der Waals surface area (Å²) in [4.78, 5) is 0. The van der Waals surface area contributed by atoms with Crippen molar-refractivity contribution in [1.82, 2.24) is 0 Å². The lowest BCUT2D eigenvalue weighted by atomic mass is 9.77. The molecule has 2 fully saturated rings. The Morgan fingerprint density at radius 1 is 1.10 bits per heavy atom. The summed E-state index contributed by atoms with van der Waals surface area (Å²) in [5.74, 6) is 0.466. The minimum Gasteiger partial charge on any atom is -0.399 e. The molecule has 20 heavy (non-hydrogen) atoms. The van der Waals surface area contributed by atoms with Crippen LogP contribution >= 0.6 is 11.6 Å². The molecule has 0 amide bonds. The van der Waals surface area contributed by atoms with E-state index in [-0.39, 0.29) is 11.2 Å². The Bertz CT molecular complexity index is 510. The predicted octanol–water partition coefficient (Wildman–Crippen LogP) is 2.75. The summed E-state index contributed by atoms with van der Waals surface area (Å²) in [6.45, 7) is 9.75. The highest BCUT2D eigenvalue weighted by molar-refractivity contribution is 6.65. The zero-order valence-corrected chi connectivity index (χ0v) is 13.2. The van der Waals surface area contributed by atoms with E-state index in [2.05, 4.69) is 12.1 Å². The molecule has 0 aliphatic carbocycles. The van der Waals surface area contributed by atoms with Gasteiger partial charge in [-0.15, -0.1) is 0 Å². The first-order valence-corrected chi connectivity index (χ1v) is 7.41. The van der Waals surface area contributed by atoms with Crippen LogP contribution in [0, 0.1) is 0 Å². The fraction of sp³-hybridized carbons (Fsp3) is 0.600. The van der Waals surface area contributed by atoms with Gasteiger partial charge in [-0.1, -0.05) is 23.7 Å². The quantitative estimate of drug-likeness (QED) is 0.785. The van der Waals surface area contributed by atoms with Gasteiger partial charge in [0.25, 0.3) is 0 Å². The van der Waals surface area contributed by atoms with Gasteiger partial charge in [0.15, 0.2) is 0 Å². The van der Waals surface area contributed by atoms with E-state index in [4.69, 9.17) is 25.6 Å². The fourth-order valence-electron chi connectivity index (χ4n) is 2.39. The van der Waals surface area contributed by atoms with Crippen LogP contribution in [0.2, 0.25) is 5.02 Å². The minimum absolute atomic E-state index is 0.351. The summed E-state index contributed by atoms with van der Waals surface area (Å²) in [5, 5.41) is 0.687. The lowest BCUT2D eigenvalue weighted by Crippen LogP contribution is -2.41. The summed E-state index contributed by atoms with van der Waals surface area (Å²) in [6.07, 6.45) is 0. The van der Waals surface area contributed by atoms with Crippen LogP contribution in [0.5, 0.6) is 0 Å². The van der Waals surface area contributed by atoms with Crippen LogP contribution in [0.25, 0.3) is 0 Å². The predicted molar refractivity (Wildman–Crippen MR) is 80.7 cm³/mol. The molecule has 0 unspecified atom stereocenters. The van der Waals surface area contributed by atoms with Crippen LogP contribution < -0.4 is 5.46 Å². The van der Waals surface area contributed by atoms with Crippen LogP contribution in [0.3, 0.4) is 0 Å². The lowest BCUT2D eigenvalue weighted by molar-refractivity contribution is 0.00578. The monoisotopic (exact) mass is 294 g/mol. The average Bonchev–Trinajstić information content (AvgIpc) is 2.48. The zero-order valence-electron chi connectivity index (χ0n) is 12.4. The molecule has 0 bridgehead atoms. The highest BCUT2D eigenvalue weighted by Gasteiger charge is 2.52. The number of hydrogen-bond acceptors (Lipinski definition) is 3. The molecule has 2 aliphatic heterocycles. The third-order valence-corrected chi connectivity index (χ3v) is 4.98. The van der Waals surface area contributed by atoms with Crippen LogP contribution in [0.15, 0.2) is 18.2 Å². The maximum atomic E-state index is 6.34. The molecule has 0 saturated carbocycles. The molecule has 3 rings (SSSR count). The molecule has 2 saturated heterocycles. The van der Waals surface area contributed by atoms with Crippen molar-refractivity contribution in [2.75, 3.05) is 13.2 Å². The first-order chi connectivity index (χ1) is 9.30. The average molecular weight is 295 g/mol. The van der Waals surface area contributed by atoms with E-state index in [0.29, 0.717) is 10.9 Å². The van der Waals surface area contributed by atoms with Crippen molar-refractivity contribution in [2.45, 2.75) is 44.8 Å². The van der Waals surface area contributed by atoms with E-state index in [1.54, 1.807) is 0 Å². The third kappa shape index (κ3) is 2.29. The number of ether oxygens (including phenoxy) is 1. The summed E-state index contributed by atoms with van der Waals surface area (Å²) < 4.78 is 17.4. The summed E-state index contributed by atoms with van der Waals surface area (Å²) in [7, 11) is -0.409. The Hall–Kier alpha value is -0.545.